The predicted molar refractivity (Wildman–Crippen MR) is 22.5 cm³/mol. The SMILES string of the molecule is CCCC(=O)O.[W]. The molecule has 0 heterocycles. The van der Waals surface area contributed by atoms with Gasteiger partial charge in [-0.1, -0.05) is 6.92 Å². The van der Waals surface area contributed by atoms with E-state index in [0.29, 0.717) is 6.42 Å². The van der Waals surface area contributed by atoms with Gasteiger partial charge in [0.05, 0.1) is 0 Å². The van der Waals surface area contributed by atoms with E-state index in [1.165, 1.54) is 0 Å². The Bertz CT molecular complexity index is 53.7. The van der Waals surface area contributed by atoms with Gasteiger partial charge in [0.15, 0.2) is 0 Å². The van der Waals surface area contributed by atoms with E-state index < -0.39 is 5.97 Å². The van der Waals surface area contributed by atoms with Crippen molar-refractivity contribution < 1.29 is 31.0 Å². The molecule has 0 unspecified atom stereocenters. The summed E-state index contributed by atoms with van der Waals surface area (Å²) in [5.74, 6) is -0.711. The van der Waals surface area contributed by atoms with Crippen LogP contribution in [0.15, 0.2) is 0 Å². The number of hydrogen-bond acceptors (Lipinski definition) is 1. The van der Waals surface area contributed by atoms with Crippen LogP contribution in [0.25, 0.3) is 0 Å². The largest absolute Gasteiger partial charge is 0.481 e. The van der Waals surface area contributed by atoms with Crippen LogP contribution in [-0.4, -0.2) is 11.1 Å². The van der Waals surface area contributed by atoms with Crippen molar-refractivity contribution in [2.24, 2.45) is 0 Å². The predicted octanol–water partition coefficient (Wildman–Crippen LogP) is 0.869. The minimum atomic E-state index is -0.711. The van der Waals surface area contributed by atoms with E-state index in [4.69, 9.17) is 5.11 Å². The third kappa shape index (κ3) is 10.7. The molecule has 0 atom stereocenters. The first-order valence-corrected chi connectivity index (χ1v) is 1.99. The topological polar surface area (TPSA) is 37.3 Å². The summed E-state index contributed by atoms with van der Waals surface area (Å²) in [4.78, 5) is 9.60. The summed E-state index contributed by atoms with van der Waals surface area (Å²) in [5, 5.41) is 7.91. The van der Waals surface area contributed by atoms with Crippen LogP contribution in [0.4, 0.5) is 0 Å². The van der Waals surface area contributed by atoms with Gasteiger partial charge in [0.1, 0.15) is 0 Å². The minimum Gasteiger partial charge on any atom is -0.481 e. The zero-order valence-electron chi connectivity index (χ0n) is 4.18. The maximum Gasteiger partial charge on any atom is 0.303 e. The van der Waals surface area contributed by atoms with Gasteiger partial charge in [-0.2, -0.15) is 0 Å². The quantitative estimate of drug-likeness (QED) is 0.809. The zero-order valence-corrected chi connectivity index (χ0v) is 7.11. The molecule has 0 aromatic heterocycles. The summed E-state index contributed by atoms with van der Waals surface area (Å²) in [6.45, 7) is 1.84. The Kier molecular flexibility index (Phi) is 8.98. The zero-order chi connectivity index (χ0) is 4.99. The third-order valence-electron chi connectivity index (χ3n) is 0.464. The second-order valence-corrected chi connectivity index (χ2v) is 1.14. The van der Waals surface area contributed by atoms with Gasteiger partial charge in [0.25, 0.3) is 0 Å². The van der Waals surface area contributed by atoms with Gasteiger partial charge < -0.3 is 5.11 Å². The molecule has 0 aliphatic heterocycles. The monoisotopic (exact) mass is 272 g/mol. The van der Waals surface area contributed by atoms with Gasteiger partial charge in [-0.3, -0.25) is 4.79 Å². The van der Waals surface area contributed by atoms with E-state index >= 15 is 0 Å². The number of carboxylic acid groups (broad SMARTS) is 1. The van der Waals surface area contributed by atoms with Gasteiger partial charge in [-0.05, 0) is 6.42 Å². The van der Waals surface area contributed by atoms with Crippen molar-refractivity contribution >= 4 is 5.97 Å². The Labute approximate surface area is 57.2 Å². The molecule has 0 bridgehead atoms. The van der Waals surface area contributed by atoms with Gasteiger partial charge in [-0.15, -0.1) is 0 Å². The first-order valence-electron chi connectivity index (χ1n) is 1.99. The molecule has 0 rings (SSSR count). The summed E-state index contributed by atoms with van der Waals surface area (Å²) in [6.07, 6.45) is 1.02. The first kappa shape index (κ1) is 10.2. The molecule has 7 heavy (non-hydrogen) atoms. The Morgan fingerprint density at radius 3 is 2.14 bits per heavy atom. The fraction of sp³-hybridized carbons (Fsp3) is 0.750. The van der Waals surface area contributed by atoms with Crippen molar-refractivity contribution in [2.75, 3.05) is 0 Å². The van der Waals surface area contributed by atoms with Gasteiger partial charge in [-0.25, -0.2) is 0 Å². The van der Waals surface area contributed by atoms with E-state index in [1.807, 2.05) is 6.92 Å². The maximum atomic E-state index is 9.60. The molecule has 0 spiro atoms. The number of aliphatic carboxylic acids is 1. The number of carboxylic acids is 1. The van der Waals surface area contributed by atoms with Crippen molar-refractivity contribution in [3.05, 3.63) is 0 Å². The molecule has 0 saturated carbocycles. The second kappa shape index (κ2) is 6.16. The molecule has 0 aromatic rings. The van der Waals surface area contributed by atoms with E-state index in [1.54, 1.807) is 0 Å². The van der Waals surface area contributed by atoms with Gasteiger partial charge >= 0.3 is 5.97 Å². The summed E-state index contributed by atoms with van der Waals surface area (Å²) in [5.41, 5.74) is 0. The van der Waals surface area contributed by atoms with Crippen LogP contribution in [-0.2, 0) is 25.9 Å². The van der Waals surface area contributed by atoms with Crippen LogP contribution >= 0.6 is 0 Å². The van der Waals surface area contributed by atoms with E-state index in [0.717, 1.165) is 6.42 Å². The average molecular weight is 272 g/mol. The molecule has 0 saturated heterocycles. The van der Waals surface area contributed by atoms with Crippen molar-refractivity contribution in [3.8, 4) is 0 Å². The van der Waals surface area contributed by atoms with Crippen molar-refractivity contribution in [1.29, 1.82) is 0 Å². The molecule has 42 valence electrons. The van der Waals surface area contributed by atoms with Crippen LogP contribution in [0.2, 0.25) is 0 Å². The number of hydrogen-bond donors (Lipinski definition) is 1. The summed E-state index contributed by atoms with van der Waals surface area (Å²) >= 11 is 0. The Balaban J connectivity index is 0. The molecule has 1 N–H and O–H groups in total. The van der Waals surface area contributed by atoms with Gasteiger partial charge in [0.2, 0.25) is 0 Å². The summed E-state index contributed by atoms with van der Waals surface area (Å²) in [6, 6.07) is 0. The Hall–Kier alpha value is 0.158. The normalized spacial score (nSPS) is 7.00. The molecule has 0 fully saturated rings. The summed E-state index contributed by atoms with van der Waals surface area (Å²) < 4.78 is 0. The number of carbonyl (C=O) groups is 1. The van der Waals surface area contributed by atoms with Crippen LogP contribution in [0.1, 0.15) is 19.8 Å². The van der Waals surface area contributed by atoms with Crippen LogP contribution in [0, 0.1) is 0 Å². The minimum absolute atomic E-state index is 0. The van der Waals surface area contributed by atoms with Crippen LogP contribution < -0.4 is 0 Å². The Morgan fingerprint density at radius 1 is 1.71 bits per heavy atom. The second-order valence-electron chi connectivity index (χ2n) is 1.14. The van der Waals surface area contributed by atoms with Crippen LogP contribution in [0.5, 0.6) is 0 Å². The van der Waals surface area contributed by atoms with Crippen LogP contribution in [0.3, 0.4) is 0 Å². The van der Waals surface area contributed by atoms with E-state index in [-0.39, 0.29) is 21.1 Å². The molecule has 0 aliphatic rings. The number of rotatable bonds is 2. The molecule has 0 amide bonds. The fourth-order valence-electron chi connectivity index (χ4n) is 0.214. The van der Waals surface area contributed by atoms with E-state index in [9.17, 15) is 4.79 Å². The molecule has 0 aliphatic carbocycles. The smallest absolute Gasteiger partial charge is 0.303 e. The fourth-order valence-corrected chi connectivity index (χ4v) is 0.214. The first-order chi connectivity index (χ1) is 2.77. The molecule has 0 radical (unpaired) electrons. The average Bonchev–Trinajstić information content (AvgIpc) is 1.35. The molecular formula is C4H8O2W. The third-order valence-corrected chi connectivity index (χ3v) is 0.464. The molecule has 2 nitrogen and oxygen atoms in total. The molecule has 0 aromatic carbocycles. The van der Waals surface area contributed by atoms with Crippen molar-refractivity contribution in [2.45, 2.75) is 19.8 Å². The summed E-state index contributed by atoms with van der Waals surface area (Å²) in [7, 11) is 0. The van der Waals surface area contributed by atoms with E-state index in [2.05, 4.69) is 0 Å². The standard InChI is InChI=1S/C4H8O2.W/c1-2-3-4(5)6;/h2-3H2,1H3,(H,5,6);. The Morgan fingerprint density at radius 2 is 2.14 bits per heavy atom. The van der Waals surface area contributed by atoms with Crippen molar-refractivity contribution in [3.63, 3.8) is 0 Å². The maximum absolute atomic E-state index is 9.60. The van der Waals surface area contributed by atoms with Gasteiger partial charge in [0, 0.05) is 27.5 Å². The molecule has 3 heteroatoms. The molecular weight excluding hydrogens is 264 g/mol. The van der Waals surface area contributed by atoms with Crippen molar-refractivity contribution in [1.82, 2.24) is 0 Å².